The van der Waals surface area contributed by atoms with Crippen LogP contribution in [0.5, 0.6) is 0 Å². The summed E-state index contributed by atoms with van der Waals surface area (Å²) in [5.74, 6) is -0.226. The Hall–Kier alpha value is -2.02. The van der Waals surface area contributed by atoms with Crippen molar-refractivity contribution in [1.82, 2.24) is 0 Å². The van der Waals surface area contributed by atoms with Gasteiger partial charge in [-0.25, -0.2) is 0 Å². The lowest BCUT2D eigenvalue weighted by Gasteiger charge is -2.22. The molecule has 0 aliphatic heterocycles. The molecule has 19 heavy (non-hydrogen) atoms. The van der Waals surface area contributed by atoms with E-state index in [0.717, 1.165) is 11.4 Å². The molecule has 0 aliphatic rings. The first-order valence-electron chi connectivity index (χ1n) is 6.49. The van der Waals surface area contributed by atoms with Gasteiger partial charge in [0.05, 0.1) is 6.07 Å². The van der Waals surface area contributed by atoms with Crippen molar-refractivity contribution in [2.45, 2.75) is 26.7 Å². The number of carbonyl (C=O) groups excluding carboxylic acids is 1. The van der Waals surface area contributed by atoms with E-state index in [0.29, 0.717) is 12.8 Å². The zero-order valence-corrected chi connectivity index (χ0v) is 12.0. The third-order valence-corrected chi connectivity index (χ3v) is 3.48. The molecule has 0 fully saturated rings. The number of nitrogens with zero attached hydrogens (tertiary/aromatic N) is 2. The lowest BCUT2D eigenvalue weighted by molar-refractivity contribution is -0.123. The van der Waals surface area contributed by atoms with Crippen LogP contribution in [0.25, 0.3) is 0 Å². The van der Waals surface area contributed by atoms with Crippen molar-refractivity contribution in [2.75, 3.05) is 24.3 Å². The van der Waals surface area contributed by atoms with Crippen molar-refractivity contribution < 1.29 is 4.79 Å². The average molecular weight is 259 g/mol. The normalized spacial score (nSPS) is 10.7. The molecule has 4 nitrogen and oxygen atoms in total. The first-order chi connectivity index (χ1) is 8.99. The fraction of sp³-hybridized carbons (Fsp3) is 0.467. The number of carbonyl (C=O) groups is 1. The van der Waals surface area contributed by atoms with Crippen LogP contribution in [0.1, 0.15) is 26.7 Å². The van der Waals surface area contributed by atoms with E-state index in [1.165, 1.54) is 0 Å². The Balaban J connectivity index is 2.94. The highest BCUT2D eigenvalue weighted by molar-refractivity contribution is 5.97. The largest absolute Gasteiger partial charge is 0.378 e. The number of nitriles is 1. The lowest BCUT2D eigenvalue weighted by atomic mass is 9.83. The first-order valence-corrected chi connectivity index (χ1v) is 6.49. The number of nitrogens with one attached hydrogen (secondary N) is 1. The molecule has 1 N–H and O–H groups in total. The molecule has 0 saturated carbocycles. The summed E-state index contributed by atoms with van der Waals surface area (Å²) in [5.41, 5.74) is 0.791. The molecule has 0 unspecified atom stereocenters. The van der Waals surface area contributed by atoms with Gasteiger partial charge in [0, 0.05) is 25.5 Å². The summed E-state index contributed by atoms with van der Waals surface area (Å²) in [4.78, 5) is 14.2. The third-order valence-electron chi connectivity index (χ3n) is 3.48. The van der Waals surface area contributed by atoms with Crippen LogP contribution >= 0.6 is 0 Å². The molecule has 1 amide bonds. The fourth-order valence-electron chi connectivity index (χ4n) is 1.89. The molecule has 0 saturated heterocycles. The molecule has 0 radical (unpaired) electrons. The highest BCUT2D eigenvalue weighted by Gasteiger charge is 2.34. The standard InChI is InChI=1S/C15H21N3O/c1-5-15(6-2,11-16)14(19)17-12-8-7-9-13(10-12)18(3)4/h7-10H,5-6H2,1-4H3,(H,17,19). The van der Waals surface area contributed by atoms with Gasteiger partial charge in [0.15, 0.2) is 0 Å². The van der Waals surface area contributed by atoms with E-state index in [4.69, 9.17) is 0 Å². The first kappa shape index (κ1) is 15.0. The summed E-state index contributed by atoms with van der Waals surface area (Å²) in [5, 5.41) is 12.1. The van der Waals surface area contributed by atoms with E-state index in [1.807, 2.05) is 57.1 Å². The van der Waals surface area contributed by atoms with Gasteiger partial charge in [-0.2, -0.15) is 5.26 Å². The van der Waals surface area contributed by atoms with E-state index in [1.54, 1.807) is 0 Å². The third kappa shape index (κ3) is 3.25. The van der Waals surface area contributed by atoms with Gasteiger partial charge in [0.2, 0.25) is 5.91 Å². The van der Waals surface area contributed by atoms with E-state index in [9.17, 15) is 10.1 Å². The predicted molar refractivity (Wildman–Crippen MR) is 78.0 cm³/mol. The monoisotopic (exact) mass is 259 g/mol. The van der Waals surface area contributed by atoms with Crippen LogP contribution < -0.4 is 10.2 Å². The van der Waals surface area contributed by atoms with Crippen molar-refractivity contribution in [1.29, 1.82) is 5.26 Å². The van der Waals surface area contributed by atoms with Crippen LogP contribution in [-0.2, 0) is 4.79 Å². The minimum Gasteiger partial charge on any atom is -0.378 e. The van der Waals surface area contributed by atoms with Gasteiger partial charge in [0.25, 0.3) is 0 Å². The summed E-state index contributed by atoms with van der Waals surface area (Å²) >= 11 is 0. The Morgan fingerprint density at radius 2 is 2.00 bits per heavy atom. The molecule has 0 bridgehead atoms. The van der Waals surface area contributed by atoms with E-state index >= 15 is 0 Å². The Labute approximate surface area is 115 Å². The van der Waals surface area contributed by atoms with E-state index < -0.39 is 5.41 Å². The van der Waals surface area contributed by atoms with Crippen LogP contribution in [0.4, 0.5) is 11.4 Å². The van der Waals surface area contributed by atoms with E-state index in [-0.39, 0.29) is 5.91 Å². The molecule has 0 atom stereocenters. The maximum Gasteiger partial charge on any atom is 0.244 e. The molecule has 0 aromatic heterocycles. The number of rotatable bonds is 5. The molecular weight excluding hydrogens is 238 g/mol. The zero-order chi connectivity index (χ0) is 14.5. The quantitative estimate of drug-likeness (QED) is 0.884. The van der Waals surface area contributed by atoms with Crippen molar-refractivity contribution in [3.8, 4) is 6.07 Å². The Morgan fingerprint density at radius 3 is 2.47 bits per heavy atom. The van der Waals surface area contributed by atoms with Crippen LogP contribution in [0.2, 0.25) is 0 Å². The Bertz CT molecular complexity index is 484. The molecule has 4 heteroatoms. The average Bonchev–Trinajstić information content (AvgIpc) is 2.41. The van der Waals surface area contributed by atoms with Gasteiger partial charge < -0.3 is 10.2 Å². The maximum atomic E-state index is 12.3. The second-order valence-electron chi connectivity index (χ2n) is 4.80. The number of benzene rings is 1. The van der Waals surface area contributed by atoms with Gasteiger partial charge in [-0.3, -0.25) is 4.79 Å². The molecular formula is C15H21N3O. The topological polar surface area (TPSA) is 56.1 Å². The summed E-state index contributed by atoms with van der Waals surface area (Å²) in [6.45, 7) is 3.73. The van der Waals surface area contributed by atoms with E-state index in [2.05, 4.69) is 11.4 Å². The van der Waals surface area contributed by atoms with Crippen molar-refractivity contribution in [3.05, 3.63) is 24.3 Å². The second-order valence-corrected chi connectivity index (χ2v) is 4.80. The summed E-state index contributed by atoms with van der Waals surface area (Å²) in [6, 6.07) is 9.73. The maximum absolute atomic E-state index is 12.3. The highest BCUT2D eigenvalue weighted by atomic mass is 16.2. The zero-order valence-electron chi connectivity index (χ0n) is 12.0. The van der Waals surface area contributed by atoms with Crippen LogP contribution in [0.15, 0.2) is 24.3 Å². The molecule has 0 aliphatic carbocycles. The summed E-state index contributed by atoms with van der Waals surface area (Å²) in [7, 11) is 3.89. The molecule has 0 spiro atoms. The van der Waals surface area contributed by atoms with Crippen molar-refractivity contribution in [3.63, 3.8) is 0 Å². The molecule has 1 aromatic carbocycles. The lowest BCUT2D eigenvalue weighted by Crippen LogP contribution is -2.33. The number of anilines is 2. The van der Waals surface area contributed by atoms with Crippen molar-refractivity contribution >= 4 is 17.3 Å². The predicted octanol–water partition coefficient (Wildman–Crippen LogP) is 3.02. The number of hydrogen-bond donors (Lipinski definition) is 1. The second kappa shape index (κ2) is 6.24. The van der Waals surface area contributed by atoms with Crippen molar-refractivity contribution in [2.24, 2.45) is 5.41 Å². The molecule has 1 rings (SSSR count). The minimum absolute atomic E-state index is 0.226. The van der Waals surface area contributed by atoms with Crippen LogP contribution in [0, 0.1) is 16.7 Å². The molecule has 0 heterocycles. The van der Waals surface area contributed by atoms with Gasteiger partial charge >= 0.3 is 0 Å². The van der Waals surface area contributed by atoms with Gasteiger partial charge in [-0.05, 0) is 31.0 Å². The molecule has 1 aromatic rings. The minimum atomic E-state index is -0.936. The number of hydrogen-bond acceptors (Lipinski definition) is 3. The Morgan fingerprint density at radius 1 is 1.37 bits per heavy atom. The number of amides is 1. The smallest absolute Gasteiger partial charge is 0.244 e. The van der Waals surface area contributed by atoms with Gasteiger partial charge in [-0.15, -0.1) is 0 Å². The summed E-state index contributed by atoms with van der Waals surface area (Å²) < 4.78 is 0. The van der Waals surface area contributed by atoms with Gasteiger partial charge in [0.1, 0.15) is 5.41 Å². The van der Waals surface area contributed by atoms with Gasteiger partial charge in [-0.1, -0.05) is 19.9 Å². The fourth-order valence-corrected chi connectivity index (χ4v) is 1.89. The molecule has 102 valence electrons. The Kier molecular flexibility index (Phi) is 4.94. The van der Waals surface area contributed by atoms with Crippen LogP contribution in [-0.4, -0.2) is 20.0 Å². The summed E-state index contributed by atoms with van der Waals surface area (Å²) in [6.07, 6.45) is 1.03. The highest BCUT2D eigenvalue weighted by Crippen LogP contribution is 2.28. The SMILES string of the molecule is CCC(C#N)(CC)C(=O)Nc1cccc(N(C)C)c1. The van der Waals surface area contributed by atoms with Crippen LogP contribution in [0.3, 0.4) is 0 Å².